The van der Waals surface area contributed by atoms with Gasteiger partial charge in [0.15, 0.2) is 11.5 Å². The highest BCUT2D eigenvalue weighted by Gasteiger charge is 2.34. The Hall–Kier alpha value is -2.64. The van der Waals surface area contributed by atoms with Crippen molar-refractivity contribution in [3.8, 4) is 11.5 Å². The Bertz CT molecular complexity index is 705. The third-order valence-electron chi connectivity index (χ3n) is 4.76. The van der Waals surface area contributed by atoms with Crippen LogP contribution in [0.3, 0.4) is 0 Å². The lowest BCUT2D eigenvalue weighted by molar-refractivity contribution is 0.0558. The number of ether oxygens (including phenoxy) is 2. The van der Waals surface area contributed by atoms with Crippen molar-refractivity contribution in [2.24, 2.45) is 0 Å². The second-order valence-electron chi connectivity index (χ2n) is 7.28. The molecule has 1 saturated heterocycles. The van der Waals surface area contributed by atoms with Crippen molar-refractivity contribution in [1.82, 2.24) is 9.80 Å². The lowest BCUT2D eigenvalue weighted by Gasteiger charge is -2.38. The molecule has 0 aromatic heterocycles. The van der Waals surface area contributed by atoms with E-state index >= 15 is 0 Å². The number of carbonyl (C=O) groups is 2. The van der Waals surface area contributed by atoms with Gasteiger partial charge in [-0.05, 0) is 19.9 Å². The number of para-hydroxylation sites is 1. The summed E-state index contributed by atoms with van der Waals surface area (Å²) >= 11 is 0. The van der Waals surface area contributed by atoms with Crippen molar-refractivity contribution in [1.29, 1.82) is 0 Å². The predicted molar refractivity (Wildman–Crippen MR) is 93.1 cm³/mol. The van der Waals surface area contributed by atoms with E-state index in [1.165, 1.54) is 9.80 Å². The highest BCUT2D eigenvalue weighted by Crippen LogP contribution is 2.41. The SMILES string of the molecule is CC1(C)Cc2cccc(OCC[C@@H]3CN(C(=O)O)CCN3C(=O)O)c2O1. The second kappa shape index (κ2) is 6.93. The zero-order chi connectivity index (χ0) is 18.9. The van der Waals surface area contributed by atoms with Crippen LogP contribution in [0.25, 0.3) is 0 Å². The van der Waals surface area contributed by atoms with Crippen molar-refractivity contribution < 1.29 is 29.3 Å². The normalized spacial score (nSPS) is 21.1. The van der Waals surface area contributed by atoms with Crippen molar-refractivity contribution in [2.75, 3.05) is 26.2 Å². The van der Waals surface area contributed by atoms with E-state index in [4.69, 9.17) is 14.6 Å². The number of rotatable bonds is 4. The van der Waals surface area contributed by atoms with Gasteiger partial charge in [0.05, 0.1) is 12.6 Å². The minimum Gasteiger partial charge on any atom is -0.490 e. The summed E-state index contributed by atoms with van der Waals surface area (Å²) in [7, 11) is 0. The molecule has 8 heteroatoms. The Kier molecular flexibility index (Phi) is 4.84. The van der Waals surface area contributed by atoms with Gasteiger partial charge >= 0.3 is 12.2 Å². The smallest absolute Gasteiger partial charge is 0.407 e. The number of fused-ring (bicyclic) bond motifs is 1. The van der Waals surface area contributed by atoms with Gasteiger partial charge in [0.1, 0.15) is 5.60 Å². The van der Waals surface area contributed by atoms with E-state index in [-0.39, 0.29) is 31.8 Å². The van der Waals surface area contributed by atoms with Gasteiger partial charge in [-0.3, -0.25) is 0 Å². The molecule has 2 aliphatic heterocycles. The maximum Gasteiger partial charge on any atom is 0.407 e. The summed E-state index contributed by atoms with van der Waals surface area (Å²) < 4.78 is 11.8. The molecule has 1 fully saturated rings. The molecule has 0 unspecified atom stereocenters. The Morgan fingerprint density at radius 3 is 2.73 bits per heavy atom. The predicted octanol–water partition coefficient (Wildman–Crippen LogP) is 2.51. The zero-order valence-electron chi connectivity index (χ0n) is 15.0. The molecule has 0 radical (unpaired) electrons. The Morgan fingerprint density at radius 1 is 1.27 bits per heavy atom. The standard InChI is InChI=1S/C18H24N2O6/c1-18(2)10-12-4-3-5-14(15(12)26-18)25-9-6-13-11-19(16(21)22)7-8-20(13)17(23)24/h3-5,13H,6-11H2,1-2H3,(H,21,22)(H,23,24)/t13-/m1/s1. The number of hydrogen-bond acceptors (Lipinski definition) is 4. The topological polar surface area (TPSA) is 99.5 Å². The van der Waals surface area contributed by atoms with Crippen LogP contribution in [-0.4, -0.2) is 70.1 Å². The molecule has 1 atom stereocenters. The fraction of sp³-hybridized carbons (Fsp3) is 0.556. The lowest BCUT2D eigenvalue weighted by Crippen LogP contribution is -2.56. The van der Waals surface area contributed by atoms with Crippen LogP contribution in [-0.2, 0) is 6.42 Å². The van der Waals surface area contributed by atoms with Crippen LogP contribution in [0.5, 0.6) is 11.5 Å². The first-order valence-corrected chi connectivity index (χ1v) is 8.68. The second-order valence-corrected chi connectivity index (χ2v) is 7.28. The van der Waals surface area contributed by atoms with Gasteiger partial charge in [-0.15, -0.1) is 0 Å². The van der Waals surface area contributed by atoms with Gasteiger partial charge in [-0.1, -0.05) is 12.1 Å². The first kappa shape index (κ1) is 18.2. The molecule has 2 N–H and O–H groups in total. The molecule has 0 bridgehead atoms. The molecule has 1 aromatic rings. The van der Waals surface area contributed by atoms with E-state index < -0.39 is 18.2 Å². The molecular weight excluding hydrogens is 340 g/mol. The highest BCUT2D eigenvalue weighted by atomic mass is 16.5. The maximum absolute atomic E-state index is 11.4. The summed E-state index contributed by atoms with van der Waals surface area (Å²) in [6.45, 7) is 4.83. The molecular formula is C18H24N2O6. The van der Waals surface area contributed by atoms with E-state index in [1.54, 1.807) is 0 Å². The summed E-state index contributed by atoms with van der Waals surface area (Å²) in [5.41, 5.74) is 0.821. The Labute approximate surface area is 151 Å². The average molecular weight is 364 g/mol. The van der Waals surface area contributed by atoms with E-state index in [0.29, 0.717) is 12.2 Å². The minimum atomic E-state index is -1.04. The summed E-state index contributed by atoms with van der Waals surface area (Å²) in [5, 5.41) is 18.5. The van der Waals surface area contributed by atoms with Crippen LogP contribution < -0.4 is 9.47 Å². The third-order valence-corrected chi connectivity index (χ3v) is 4.76. The van der Waals surface area contributed by atoms with Crippen LogP contribution in [0.1, 0.15) is 25.8 Å². The van der Waals surface area contributed by atoms with Gasteiger partial charge in [-0.2, -0.15) is 0 Å². The molecule has 3 rings (SSSR count). The Balaban J connectivity index is 1.63. The molecule has 142 valence electrons. The number of benzene rings is 1. The summed E-state index contributed by atoms with van der Waals surface area (Å²) in [5.74, 6) is 1.38. The number of piperazine rings is 1. The van der Waals surface area contributed by atoms with E-state index in [1.807, 2.05) is 32.0 Å². The lowest BCUT2D eigenvalue weighted by atomic mass is 10.0. The molecule has 0 spiro atoms. The molecule has 2 aliphatic rings. The molecule has 8 nitrogen and oxygen atoms in total. The van der Waals surface area contributed by atoms with Crippen molar-refractivity contribution in [3.05, 3.63) is 23.8 Å². The van der Waals surface area contributed by atoms with Crippen LogP contribution >= 0.6 is 0 Å². The van der Waals surface area contributed by atoms with E-state index in [2.05, 4.69) is 0 Å². The van der Waals surface area contributed by atoms with E-state index in [9.17, 15) is 14.7 Å². The molecule has 0 aliphatic carbocycles. The van der Waals surface area contributed by atoms with Gasteiger partial charge in [-0.25, -0.2) is 9.59 Å². The summed E-state index contributed by atoms with van der Waals surface area (Å²) in [4.78, 5) is 25.1. The average Bonchev–Trinajstić information content (AvgIpc) is 2.89. The van der Waals surface area contributed by atoms with Gasteiger partial charge < -0.3 is 29.5 Å². The highest BCUT2D eigenvalue weighted by molar-refractivity contribution is 5.68. The number of nitrogens with zero attached hydrogens (tertiary/aromatic N) is 2. The van der Waals surface area contributed by atoms with Crippen molar-refractivity contribution >= 4 is 12.2 Å². The first-order chi connectivity index (χ1) is 12.3. The monoisotopic (exact) mass is 364 g/mol. The van der Waals surface area contributed by atoms with Crippen LogP contribution in [0.15, 0.2) is 18.2 Å². The number of amides is 2. The largest absolute Gasteiger partial charge is 0.490 e. The molecule has 1 aromatic carbocycles. The summed E-state index contributed by atoms with van der Waals surface area (Å²) in [6, 6.07) is 5.33. The van der Waals surface area contributed by atoms with Crippen molar-refractivity contribution in [3.63, 3.8) is 0 Å². The van der Waals surface area contributed by atoms with Crippen LogP contribution in [0.4, 0.5) is 9.59 Å². The number of carboxylic acid groups (broad SMARTS) is 2. The fourth-order valence-corrected chi connectivity index (χ4v) is 3.53. The summed E-state index contributed by atoms with van der Waals surface area (Å²) in [6.07, 6.45) is -0.853. The maximum atomic E-state index is 11.4. The third kappa shape index (κ3) is 3.79. The molecule has 26 heavy (non-hydrogen) atoms. The zero-order valence-corrected chi connectivity index (χ0v) is 15.0. The molecule has 0 saturated carbocycles. The quantitative estimate of drug-likeness (QED) is 0.852. The van der Waals surface area contributed by atoms with Gasteiger partial charge in [0.2, 0.25) is 0 Å². The van der Waals surface area contributed by atoms with Gasteiger partial charge in [0.25, 0.3) is 0 Å². The van der Waals surface area contributed by atoms with E-state index in [0.717, 1.165) is 17.7 Å². The minimum absolute atomic E-state index is 0.154. The van der Waals surface area contributed by atoms with Crippen LogP contribution in [0.2, 0.25) is 0 Å². The molecule has 2 heterocycles. The fourth-order valence-electron chi connectivity index (χ4n) is 3.53. The molecule has 2 amide bonds. The Morgan fingerprint density at radius 2 is 2.04 bits per heavy atom. The van der Waals surface area contributed by atoms with Gasteiger partial charge in [0, 0.05) is 38.0 Å². The first-order valence-electron chi connectivity index (χ1n) is 8.68. The number of hydrogen-bond donors (Lipinski definition) is 2. The van der Waals surface area contributed by atoms with Crippen molar-refractivity contribution in [2.45, 2.75) is 38.3 Å². The van der Waals surface area contributed by atoms with Crippen LogP contribution in [0, 0.1) is 0 Å².